The average Bonchev–Trinajstić information content (AvgIpc) is 2.88. The Hall–Kier alpha value is -4.32. The molecule has 0 unspecified atom stereocenters. The quantitative estimate of drug-likeness (QED) is 0.109. The largest absolute Gasteiger partial charge is 0.493 e. The zero-order valence-corrected chi connectivity index (χ0v) is 19.6. The van der Waals surface area contributed by atoms with Gasteiger partial charge in [-0.1, -0.05) is 48.0 Å². The minimum absolute atomic E-state index is 0.0656. The van der Waals surface area contributed by atoms with Crippen molar-refractivity contribution in [3.63, 3.8) is 0 Å². The van der Waals surface area contributed by atoms with Gasteiger partial charge in [0.05, 0.1) is 12.2 Å². The number of carbonyl (C=O) groups excluding carboxylic acids is 1. The normalized spacial score (nSPS) is 10.7. The molecule has 0 aliphatic heterocycles. The lowest BCUT2D eigenvalue weighted by Crippen LogP contribution is -2.10. The van der Waals surface area contributed by atoms with Gasteiger partial charge in [0.15, 0.2) is 11.6 Å². The Bertz CT molecular complexity index is 1390. The number of benzene rings is 4. The Kier molecular flexibility index (Phi) is 7.54. The number of hydrogen-bond donors (Lipinski definition) is 0. The van der Waals surface area contributed by atoms with Gasteiger partial charge >= 0.3 is 5.97 Å². The van der Waals surface area contributed by atoms with Gasteiger partial charge in [-0.25, -0.2) is 13.6 Å². The second-order valence-corrected chi connectivity index (χ2v) is 8.14. The second-order valence-electron chi connectivity index (χ2n) is 8.14. The smallest absolute Gasteiger partial charge is 0.343 e. The first-order chi connectivity index (χ1) is 17.4. The molecule has 0 atom stereocenters. The van der Waals surface area contributed by atoms with E-state index in [4.69, 9.17) is 9.47 Å². The summed E-state index contributed by atoms with van der Waals surface area (Å²) in [4.78, 5) is 12.5. The molecule has 6 heteroatoms. The third kappa shape index (κ3) is 5.49. The van der Waals surface area contributed by atoms with Gasteiger partial charge < -0.3 is 9.47 Å². The van der Waals surface area contributed by atoms with Crippen molar-refractivity contribution in [1.82, 2.24) is 0 Å². The topological polar surface area (TPSA) is 35.5 Å². The fourth-order valence-electron chi connectivity index (χ4n) is 3.59. The maximum Gasteiger partial charge on any atom is 0.343 e. The van der Waals surface area contributed by atoms with E-state index in [0.717, 1.165) is 5.56 Å². The molecular weight excluding hydrogens is 465 g/mol. The van der Waals surface area contributed by atoms with Crippen molar-refractivity contribution in [2.24, 2.45) is 0 Å². The van der Waals surface area contributed by atoms with Gasteiger partial charge in [0.25, 0.3) is 0 Å². The van der Waals surface area contributed by atoms with Crippen LogP contribution in [0, 0.1) is 24.4 Å². The molecule has 4 rings (SSSR count). The number of carbonyl (C=O) groups is 1. The van der Waals surface area contributed by atoms with Crippen LogP contribution in [0.1, 0.15) is 22.3 Å². The molecule has 36 heavy (non-hydrogen) atoms. The molecule has 0 N–H and O–H groups in total. The molecule has 0 heterocycles. The van der Waals surface area contributed by atoms with Crippen molar-refractivity contribution >= 4 is 5.97 Å². The summed E-state index contributed by atoms with van der Waals surface area (Å²) < 4.78 is 54.5. The highest BCUT2D eigenvalue weighted by atomic mass is 19.2. The van der Waals surface area contributed by atoms with Crippen molar-refractivity contribution in [1.29, 1.82) is 0 Å². The molecule has 3 nitrogen and oxygen atoms in total. The molecule has 0 spiro atoms. The summed E-state index contributed by atoms with van der Waals surface area (Å²) in [6.45, 7) is 5.90. The third-order valence-electron chi connectivity index (χ3n) is 5.57. The first-order valence-electron chi connectivity index (χ1n) is 11.3. The average molecular weight is 489 g/mol. The van der Waals surface area contributed by atoms with E-state index >= 15 is 0 Å². The van der Waals surface area contributed by atoms with Gasteiger partial charge in [-0.3, -0.25) is 0 Å². The van der Waals surface area contributed by atoms with Crippen LogP contribution >= 0.6 is 0 Å². The number of rotatable bonds is 8. The van der Waals surface area contributed by atoms with Crippen LogP contribution in [0.15, 0.2) is 91.5 Å². The first kappa shape index (κ1) is 24.8. The Morgan fingerprint density at radius 1 is 0.833 bits per heavy atom. The summed E-state index contributed by atoms with van der Waals surface area (Å²) in [5.41, 5.74) is 2.52. The highest BCUT2D eigenvalue weighted by Crippen LogP contribution is 2.31. The van der Waals surface area contributed by atoms with Crippen molar-refractivity contribution in [3.05, 3.63) is 120 Å². The Balaban J connectivity index is 1.48. The van der Waals surface area contributed by atoms with E-state index in [1.54, 1.807) is 54.6 Å². The van der Waals surface area contributed by atoms with Gasteiger partial charge in [0.2, 0.25) is 5.82 Å². The number of esters is 1. The lowest BCUT2D eigenvalue weighted by molar-refractivity contribution is 0.0727. The monoisotopic (exact) mass is 488 g/mol. The summed E-state index contributed by atoms with van der Waals surface area (Å²) in [5, 5.41) is 0. The van der Waals surface area contributed by atoms with Crippen LogP contribution in [0.4, 0.5) is 13.2 Å². The van der Waals surface area contributed by atoms with Gasteiger partial charge in [-0.2, -0.15) is 4.39 Å². The number of hydrogen-bond acceptors (Lipinski definition) is 3. The zero-order valence-electron chi connectivity index (χ0n) is 19.6. The van der Waals surface area contributed by atoms with E-state index in [1.807, 2.05) is 6.92 Å². The van der Waals surface area contributed by atoms with Crippen LogP contribution in [-0.4, -0.2) is 12.6 Å². The number of halogens is 3. The first-order valence-corrected chi connectivity index (χ1v) is 11.3. The summed E-state index contributed by atoms with van der Waals surface area (Å²) in [6, 6.07) is 20.0. The molecule has 4 aromatic carbocycles. The lowest BCUT2D eigenvalue weighted by Gasteiger charge is -2.11. The predicted octanol–water partition coefficient (Wildman–Crippen LogP) is 7.92. The molecule has 0 fully saturated rings. The fourth-order valence-corrected chi connectivity index (χ4v) is 3.59. The van der Waals surface area contributed by atoms with E-state index in [0.29, 0.717) is 35.5 Å². The molecule has 0 saturated heterocycles. The molecule has 182 valence electrons. The summed E-state index contributed by atoms with van der Waals surface area (Å²) in [6.07, 6.45) is 2.36. The molecule has 0 aromatic heterocycles. The predicted molar refractivity (Wildman–Crippen MR) is 134 cm³/mol. The zero-order chi connectivity index (χ0) is 25.7. The standard InChI is InChI=1S/C30H23F3O3/c1-3-4-17-35-23-13-14-24(26(31)18-23)20-9-11-22(12-10-20)30(34)36-27-16-15-25(28(32)29(27)33)21-7-5-19(2)6-8-21/h3,5-16,18H,1,4,17H2,2H3. The molecule has 0 aliphatic carbocycles. The highest BCUT2D eigenvalue weighted by molar-refractivity contribution is 5.91. The third-order valence-corrected chi connectivity index (χ3v) is 5.57. The minimum Gasteiger partial charge on any atom is -0.493 e. The van der Waals surface area contributed by atoms with Crippen LogP contribution in [-0.2, 0) is 0 Å². The van der Waals surface area contributed by atoms with E-state index in [-0.39, 0.29) is 11.1 Å². The van der Waals surface area contributed by atoms with Gasteiger partial charge in [-0.15, -0.1) is 6.58 Å². The molecular formula is C30H23F3O3. The van der Waals surface area contributed by atoms with E-state index in [9.17, 15) is 18.0 Å². The SMILES string of the molecule is C=CCCOc1ccc(-c2ccc(C(=O)Oc3ccc(-c4ccc(C)cc4)c(F)c3F)cc2)c(F)c1. The second kappa shape index (κ2) is 11.0. The lowest BCUT2D eigenvalue weighted by atomic mass is 10.0. The van der Waals surface area contributed by atoms with Crippen LogP contribution in [0.3, 0.4) is 0 Å². The van der Waals surface area contributed by atoms with Crippen molar-refractivity contribution < 1.29 is 27.4 Å². The summed E-state index contributed by atoms with van der Waals surface area (Å²) >= 11 is 0. The Morgan fingerprint density at radius 3 is 2.14 bits per heavy atom. The van der Waals surface area contributed by atoms with Crippen LogP contribution in [0.2, 0.25) is 0 Å². The summed E-state index contributed by atoms with van der Waals surface area (Å²) in [7, 11) is 0. The van der Waals surface area contributed by atoms with E-state index < -0.39 is 29.2 Å². The van der Waals surface area contributed by atoms with E-state index in [2.05, 4.69) is 6.58 Å². The minimum atomic E-state index is -1.25. The van der Waals surface area contributed by atoms with Crippen LogP contribution < -0.4 is 9.47 Å². The molecule has 0 aliphatic rings. The molecule has 0 radical (unpaired) electrons. The van der Waals surface area contributed by atoms with Crippen molar-refractivity contribution in [3.8, 4) is 33.8 Å². The molecule has 0 saturated carbocycles. The van der Waals surface area contributed by atoms with E-state index in [1.165, 1.54) is 30.3 Å². The van der Waals surface area contributed by atoms with Crippen molar-refractivity contribution in [2.45, 2.75) is 13.3 Å². The maximum atomic E-state index is 14.7. The molecule has 0 amide bonds. The highest BCUT2D eigenvalue weighted by Gasteiger charge is 2.19. The molecule has 0 bridgehead atoms. The van der Waals surface area contributed by atoms with Crippen LogP contribution in [0.25, 0.3) is 22.3 Å². The molecule has 4 aromatic rings. The van der Waals surface area contributed by atoms with Crippen molar-refractivity contribution in [2.75, 3.05) is 6.61 Å². The van der Waals surface area contributed by atoms with Gasteiger partial charge in [0.1, 0.15) is 11.6 Å². The number of ether oxygens (including phenoxy) is 2. The fraction of sp³-hybridized carbons (Fsp3) is 0.100. The summed E-state index contributed by atoms with van der Waals surface area (Å²) in [5.74, 6) is -3.82. The van der Waals surface area contributed by atoms with Gasteiger partial charge in [-0.05, 0) is 60.9 Å². The Labute approximate surface area is 207 Å². The Morgan fingerprint density at radius 2 is 1.47 bits per heavy atom. The maximum absolute atomic E-state index is 14.7. The van der Waals surface area contributed by atoms with Crippen LogP contribution in [0.5, 0.6) is 11.5 Å². The van der Waals surface area contributed by atoms with Gasteiger partial charge in [0, 0.05) is 17.2 Å². The number of aryl methyl sites for hydroxylation is 1.